The molecule has 32 heavy (non-hydrogen) atoms. The molecule has 2 fully saturated rings. The third-order valence-corrected chi connectivity index (χ3v) is 6.15. The molecule has 2 aromatic carbocycles. The number of rotatable bonds is 4. The van der Waals surface area contributed by atoms with Gasteiger partial charge in [0, 0.05) is 5.56 Å². The zero-order valence-corrected chi connectivity index (χ0v) is 17.6. The van der Waals surface area contributed by atoms with Crippen molar-refractivity contribution in [3.8, 4) is 28.4 Å². The average Bonchev–Trinajstić information content (AvgIpc) is 3.51. The number of nitrogens with one attached hydrogen (secondary N) is 1. The van der Waals surface area contributed by atoms with Gasteiger partial charge in [0.25, 0.3) is 6.01 Å². The zero-order chi connectivity index (χ0) is 21.7. The van der Waals surface area contributed by atoms with Crippen LogP contribution in [0.2, 0.25) is 0 Å². The molecule has 2 aliphatic rings. The fraction of sp³-hybridized carbons (Fsp3) is 0.280. The summed E-state index contributed by atoms with van der Waals surface area (Å²) in [5.74, 6) is 0. The third kappa shape index (κ3) is 3.35. The lowest BCUT2D eigenvalue weighted by Gasteiger charge is -2.15. The second-order valence-electron chi connectivity index (χ2n) is 8.33. The van der Waals surface area contributed by atoms with Gasteiger partial charge in [0.1, 0.15) is 18.3 Å². The monoisotopic (exact) mass is 429 g/mol. The molecule has 4 aromatic rings. The fourth-order valence-electron chi connectivity index (χ4n) is 4.51. The largest absolute Gasteiger partial charge is 0.456 e. The SMILES string of the molecule is Cc1cc2[nH]c(O[C@@H]3CO[C@H]4[C@@H]3OC[C@H]4O)nc2nc1-c1ccc(-c2ccccc2)cc1. The van der Waals surface area contributed by atoms with Gasteiger partial charge < -0.3 is 24.3 Å². The van der Waals surface area contributed by atoms with Gasteiger partial charge in [-0.25, -0.2) is 4.98 Å². The molecule has 4 atom stereocenters. The first-order valence-corrected chi connectivity index (χ1v) is 10.8. The lowest BCUT2D eigenvalue weighted by Crippen LogP contribution is -2.34. The molecule has 162 valence electrons. The smallest absolute Gasteiger partial charge is 0.296 e. The van der Waals surface area contributed by atoms with Crippen molar-refractivity contribution in [2.45, 2.75) is 31.3 Å². The van der Waals surface area contributed by atoms with Crippen LogP contribution in [0.15, 0.2) is 60.7 Å². The van der Waals surface area contributed by atoms with Crippen LogP contribution in [0.4, 0.5) is 0 Å². The van der Waals surface area contributed by atoms with Crippen LogP contribution < -0.4 is 4.74 Å². The lowest BCUT2D eigenvalue weighted by molar-refractivity contribution is 0.00706. The number of nitrogens with zero attached hydrogens (tertiary/aromatic N) is 2. The van der Waals surface area contributed by atoms with Gasteiger partial charge in [0.15, 0.2) is 11.8 Å². The van der Waals surface area contributed by atoms with Crippen LogP contribution in [0.3, 0.4) is 0 Å². The number of aryl methyl sites for hydroxylation is 1. The molecule has 0 saturated carbocycles. The molecule has 7 heteroatoms. The third-order valence-electron chi connectivity index (χ3n) is 6.15. The van der Waals surface area contributed by atoms with E-state index in [4.69, 9.17) is 19.2 Å². The summed E-state index contributed by atoms with van der Waals surface area (Å²) in [6, 6.07) is 21.1. The molecule has 6 rings (SSSR count). The predicted molar refractivity (Wildman–Crippen MR) is 119 cm³/mol. The van der Waals surface area contributed by atoms with Crippen molar-refractivity contribution in [1.82, 2.24) is 15.0 Å². The molecule has 2 N–H and O–H groups in total. The summed E-state index contributed by atoms with van der Waals surface area (Å²) in [6.45, 7) is 2.66. The highest BCUT2D eigenvalue weighted by Crippen LogP contribution is 2.31. The number of aromatic amines is 1. The van der Waals surface area contributed by atoms with Crippen molar-refractivity contribution in [2.75, 3.05) is 13.2 Å². The van der Waals surface area contributed by atoms with Crippen LogP contribution >= 0.6 is 0 Å². The van der Waals surface area contributed by atoms with E-state index < -0.39 is 6.10 Å². The molecule has 0 amide bonds. The Morgan fingerprint density at radius 3 is 2.44 bits per heavy atom. The van der Waals surface area contributed by atoms with Crippen LogP contribution in [0, 0.1) is 6.92 Å². The first-order valence-electron chi connectivity index (χ1n) is 10.8. The van der Waals surface area contributed by atoms with Gasteiger partial charge in [0.05, 0.1) is 24.4 Å². The highest BCUT2D eigenvalue weighted by molar-refractivity contribution is 5.79. The van der Waals surface area contributed by atoms with E-state index in [1.807, 2.05) is 31.2 Å². The Morgan fingerprint density at radius 2 is 1.62 bits per heavy atom. The Kier molecular flexibility index (Phi) is 4.68. The van der Waals surface area contributed by atoms with Crippen molar-refractivity contribution in [3.05, 3.63) is 66.2 Å². The van der Waals surface area contributed by atoms with Gasteiger partial charge in [-0.2, -0.15) is 4.98 Å². The molecule has 2 aromatic heterocycles. The van der Waals surface area contributed by atoms with Crippen LogP contribution in [0.1, 0.15) is 5.56 Å². The number of benzene rings is 2. The Morgan fingerprint density at radius 1 is 0.906 bits per heavy atom. The molecule has 0 radical (unpaired) electrons. The number of aromatic nitrogens is 3. The van der Waals surface area contributed by atoms with Crippen LogP contribution in [0.25, 0.3) is 33.5 Å². The molecule has 0 spiro atoms. The number of aliphatic hydroxyl groups excluding tert-OH is 1. The van der Waals surface area contributed by atoms with Gasteiger partial charge >= 0.3 is 0 Å². The highest BCUT2D eigenvalue weighted by Gasteiger charge is 2.48. The first-order chi connectivity index (χ1) is 15.7. The van der Waals surface area contributed by atoms with Crippen molar-refractivity contribution in [1.29, 1.82) is 0 Å². The Labute approximate surface area is 185 Å². The molecule has 0 bridgehead atoms. The van der Waals surface area contributed by atoms with E-state index in [-0.39, 0.29) is 24.9 Å². The van der Waals surface area contributed by atoms with E-state index in [0.29, 0.717) is 18.3 Å². The van der Waals surface area contributed by atoms with Crippen LogP contribution in [0.5, 0.6) is 6.01 Å². The van der Waals surface area contributed by atoms with Crippen molar-refractivity contribution >= 4 is 11.2 Å². The molecule has 2 saturated heterocycles. The molecule has 7 nitrogen and oxygen atoms in total. The quantitative estimate of drug-likeness (QED) is 0.516. The Hall–Kier alpha value is -3.26. The number of hydrogen-bond acceptors (Lipinski definition) is 6. The number of ether oxygens (including phenoxy) is 3. The summed E-state index contributed by atoms with van der Waals surface area (Å²) in [5.41, 5.74) is 6.73. The van der Waals surface area contributed by atoms with Crippen molar-refractivity contribution in [3.63, 3.8) is 0 Å². The molecule has 2 aliphatic heterocycles. The van der Waals surface area contributed by atoms with Crippen LogP contribution in [-0.2, 0) is 9.47 Å². The minimum absolute atomic E-state index is 0.266. The summed E-state index contributed by atoms with van der Waals surface area (Å²) in [6.07, 6.45) is -1.55. The Bertz CT molecular complexity index is 1260. The second kappa shape index (κ2) is 7.70. The molecule has 0 aliphatic carbocycles. The summed E-state index contributed by atoms with van der Waals surface area (Å²) < 4.78 is 17.3. The zero-order valence-electron chi connectivity index (χ0n) is 17.6. The van der Waals surface area contributed by atoms with Crippen molar-refractivity contribution < 1.29 is 19.3 Å². The molecular formula is C25H23N3O4. The predicted octanol–water partition coefficient (Wildman–Crippen LogP) is 3.51. The minimum atomic E-state index is -0.607. The maximum absolute atomic E-state index is 9.91. The van der Waals surface area contributed by atoms with Gasteiger partial charge in [-0.15, -0.1) is 0 Å². The molecular weight excluding hydrogens is 406 g/mol. The summed E-state index contributed by atoms with van der Waals surface area (Å²) >= 11 is 0. The van der Waals surface area contributed by atoms with Gasteiger partial charge in [-0.05, 0) is 29.7 Å². The normalized spacial score (nSPS) is 24.7. The standard InChI is InChI=1S/C25H23N3O4/c1-14-11-18-24(28-25(26-18)32-20-13-31-22-19(29)12-30-23(20)22)27-21(14)17-9-7-16(8-10-17)15-5-3-2-4-6-15/h2-11,19-20,22-23,29H,12-13H2,1H3,(H,26,27,28)/t19-,20-,22-,23-/m1/s1. The molecule has 0 unspecified atom stereocenters. The van der Waals surface area contributed by atoms with E-state index in [1.54, 1.807) is 0 Å². The van der Waals surface area contributed by atoms with Gasteiger partial charge in [-0.3, -0.25) is 0 Å². The number of aliphatic hydroxyl groups is 1. The maximum atomic E-state index is 9.91. The van der Waals surface area contributed by atoms with Crippen molar-refractivity contribution in [2.24, 2.45) is 0 Å². The van der Waals surface area contributed by atoms with E-state index in [1.165, 1.54) is 11.1 Å². The second-order valence-corrected chi connectivity index (χ2v) is 8.33. The van der Waals surface area contributed by atoms with E-state index in [9.17, 15) is 5.11 Å². The number of H-pyrrole nitrogens is 1. The van der Waals surface area contributed by atoms with Crippen LogP contribution in [-0.4, -0.2) is 57.7 Å². The number of pyridine rings is 1. The number of imidazole rings is 1. The summed E-state index contributed by atoms with van der Waals surface area (Å²) in [4.78, 5) is 12.5. The average molecular weight is 429 g/mol. The molecule has 4 heterocycles. The van der Waals surface area contributed by atoms with E-state index in [0.717, 1.165) is 22.3 Å². The lowest BCUT2D eigenvalue weighted by atomic mass is 10.0. The first kappa shape index (κ1) is 19.4. The highest BCUT2D eigenvalue weighted by atomic mass is 16.6. The fourth-order valence-corrected chi connectivity index (χ4v) is 4.51. The number of fused-ring (bicyclic) bond motifs is 2. The van der Waals surface area contributed by atoms with E-state index >= 15 is 0 Å². The number of hydrogen-bond donors (Lipinski definition) is 2. The van der Waals surface area contributed by atoms with Gasteiger partial charge in [-0.1, -0.05) is 54.6 Å². The maximum Gasteiger partial charge on any atom is 0.296 e. The summed E-state index contributed by atoms with van der Waals surface area (Å²) in [7, 11) is 0. The van der Waals surface area contributed by atoms with E-state index in [2.05, 4.69) is 46.4 Å². The summed E-state index contributed by atoms with van der Waals surface area (Å²) in [5, 5.41) is 9.91. The Balaban J connectivity index is 1.26. The van der Waals surface area contributed by atoms with Gasteiger partial charge in [0.2, 0.25) is 0 Å². The minimum Gasteiger partial charge on any atom is -0.456 e. The topological polar surface area (TPSA) is 89.5 Å².